The SMILES string of the molecule is Nc1cc(=O)c(O)cn1-c1cc#cc(-c2ccccc2)c1. The van der Waals surface area contributed by atoms with Crippen molar-refractivity contribution in [1.82, 2.24) is 4.57 Å². The van der Waals surface area contributed by atoms with Crippen molar-refractivity contribution >= 4 is 5.82 Å². The molecule has 4 nitrogen and oxygen atoms in total. The number of nitrogens with zero attached hydrogens (tertiary/aromatic N) is 1. The summed E-state index contributed by atoms with van der Waals surface area (Å²) in [6.07, 6.45) is 1.30. The summed E-state index contributed by atoms with van der Waals surface area (Å²) < 4.78 is 1.54. The molecule has 3 rings (SSSR count). The molecule has 0 saturated carbocycles. The molecular formula is C17H12N2O2. The van der Waals surface area contributed by atoms with E-state index in [0.717, 1.165) is 11.1 Å². The van der Waals surface area contributed by atoms with Gasteiger partial charge in [-0.05, 0) is 11.6 Å². The third-order valence-electron chi connectivity index (χ3n) is 3.14. The van der Waals surface area contributed by atoms with Gasteiger partial charge in [-0.15, -0.1) is 0 Å². The van der Waals surface area contributed by atoms with E-state index in [1.807, 2.05) is 36.4 Å². The van der Waals surface area contributed by atoms with Gasteiger partial charge in [0, 0.05) is 17.7 Å². The molecule has 4 heteroatoms. The van der Waals surface area contributed by atoms with Gasteiger partial charge in [0.1, 0.15) is 5.82 Å². The maximum atomic E-state index is 11.4. The number of aromatic nitrogens is 1. The highest BCUT2D eigenvalue weighted by Gasteiger charge is 2.06. The van der Waals surface area contributed by atoms with Crippen LogP contribution in [0.4, 0.5) is 5.82 Å². The largest absolute Gasteiger partial charge is 0.503 e. The first-order valence-electron chi connectivity index (χ1n) is 6.35. The van der Waals surface area contributed by atoms with Crippen molar-refractivity contribution < 1.29 is 5.11 Å². The van der Waals surface area contributed by atoms with E-state index >= 15 is 0 Å². The van der Waals surface area contributed by atoms with Crippen molar-refractivity contribution in [3.8, 4) is 22.6 Å². The van der Waals surface area contributed by atoms with Crippen molar-refractivity contribution in [1.29, 1.82) is 0 Å². The Morgan fingerprint density at radius 3 is 2.67 bits per heavy atom. The molecule has 1 heterocycles. The molecule has 0 bridgehead atoms. The fourth-order valence-electron chi connectivity index (χ4n) is 2.09. The maximum absolute atomic E-state index is 11.4. The van der Waals surface area contributed by atoms with Crippen LogP contribution in [0.1, 0.15) is 0 Å². The van der Waals surface area contributed by atoms with Crippen LogP contribution in [0.3, 0.4) is 0 Å². The van der Waals surface area contributed by atoms with Gasteiger partial charge in [0.15, 0.2) is 5.75 Å². The zero-order valence-corrected chi connectivity index (χ0v) is 11.1. The highest BCUT2D eigenvalue weighted by atomic mass is 16.3. The van der Waals surface area contributed by atoms with Crippen LogP contribution in [-0.2, 0) is 0 Å². The third kappa shape index (κ3) is 2.45. The van der Waals surface area contributed by atoms with Crippen molar-refractivity contribution in [2.24, 2.45) is 0 Å². The number of hydrogen-bond donors (Lipinski definition) is 2. The number of nitrogens with two attached hydrogens (primary N) is 1. The molecule has 0 radical (unpaired) electrons. The van der Waals surface area contributed by atoms with Crippen LogP contribution in [-0.4, -0.2) is 9.67 Å². The molecule has 21 heavy (non-hydrogen) atoms. The number of anilines is 1. The molecule has 0 aliphatic carbocycles. The molecule has 0 amide bonds. The summed E-state index contributed by atoms with van der Waals surface area (Å²) in [7, 11) is 0. The van der Waals surface area contributed by atoms with Crippen LogP contribution >= 0.6 is 0 Å². The van der Waals surface area contributed by atoms with Crippen molar-refractivity contribution in [2.45, 2.75) is 0 Å². The monoisotopic (exact) mass is 276 g/mol. The fraction of sp³-hybridized carbons (Fsp3) is 0. The standard InChI is InChI=1S/C17H12N2O2/c18-17-10-15(20)16(21)11-19(17)14-8-4-7-13(9-14)12-5-2-1-3-6-12/h1-3,5-6,8-11,21H,18H2. The summed E-state index contributed by atoms with van der Waals surface area (Å²) in [6, 6.07) is 20.5. The number of rotatable bonds is 2. The average Bonchev–Trinajstić information content (AvgIpc) is 2.52. The summed E-state index contributed by atoms with van der Waals surface area (Å²) >= 11 is 0. The molecular weight excluding hydrogens is 264 g/mol. The zero-order chi connectivity index (χ0) is 14.8. The quantitative estimate of drug-likeness (QED) is 0.755. The first kappa shape index (κ1) is 12.8. The highest BCUT2D eigenvalue weighted by molar-refractivity contribution is 5.64. The van der Waals surface area contributed by atoms with Crippen LogP contribution in [0, 0.1) is 12.1 Å². The Morgan fingerprint density at radius 1 is 1.14 bits per heavy atom. The Morgan fingerprint density at radius 2 is 1.90 bits per heavy atom. The molecule has 1 aromatic heterocycles. The highest BCUT2D eigenvalue weighted by Crippen LogP contribution is 2.21. The fourth-order valence-corrected chi connectivity index (χ4v) is 2.09. The summed E-state index contributed by atoms with van der Waals surface area (Å²) in [5.74, 6) is -0.102. The Balaban J connectivity index is 2.13. The van der Waals surface area contributed by atoms with E-state index in [0.29, 0.717) is 5.69 Å². The normalized spacial score (nSPS) is 10.1. The van der Waals surface area contributed by atoms with Crippen LogP contribution in [0.2, 0.25) is 0 Å². The molecule has 0 aliphatic rings. The van der Waals surface area contributed by atoms with E-state index in [4.69, 9.17) is 5.73 Å². The average molecular weight is 276 g/mol. The van der Waals surface area contributed by atoms with Crippen molar-refractivity contribution in [3.63, 3.8) is 0 Å². The Labute approximate surface area is 121 Å². The van der Waals surface area contributed by atoms with Gasteiger partial charge in [0.2, 0.25) is 5.43 Å². The summed E-state index contributed by atoms with van der Waals surface area (Å²) in [5.41, 5.74) is 7.88. The lowest BCUT2D eigenvalue weighted by Gasteiger charge is -2.10. The predicted molar refractivity (Wildman–Crippen MR) is 81.2 cm³/mol. The van der Waals surface area contributed by atoms with Gasteiger partial charge in [-0.2, -0.15) is 0 Å². The lowest BCUT2D eigenvalue weighted by atomic mass is 10.1. The predicted octanol–water partition coefficient (Wildman–Crippen LogP) is 2.39. The molecule has 2 aromatic carbocycles. The van der Waals surface area contributed by atoms with E-state index < -0.39 is 5.43 Å². The summed E-state index contributed by atoms with van der Waals surface area (Å²) in [5, 5.41) is 9.57. The van der Waals surface area contributed by atoms with Gasteiger partial charge >= 0.3 is 0 Å². The molecule has 0 saturated heterocycles. The zero-order valence-electron chi connectivity index (χ0n) is 11.1. The molecule has 3 N–H and O–H groups in total. The number of benzene rings is 1. The van der Waals surface area contributed by atoms with Gasteiger partial charge in [-0.25, -0.2) is 0 Å². The molecule has 3 aromatic rings. The second kappa shape index (κ2) is 5.06. The number of pyridine rings is 1. The van der Waals surface area contributed by atoms with Crippen molar-refractivity contribution in [3.05, 3.63) is 77.1 Å². The lowest BCUT2D eigenvalue weighted by Crippen LogP contribution is -2.09. The minimum absolute atomic E-state index is 0.247. The van der Waals surface area contributed by atoms with Gasteiger partial charge in [-0.3, -0.25) is 9.36 Å². The Hall–Kier alpha value is -3.19. The third-order valence-corrected chi connectivity index (χ3v) is 3.14. The Kier molecular flexibility index (Phi) is 3.09. The minimum atomic E-state index is -0.501. The molecule has 0 unspecified atom stereocenters. The van der Waals surface area contributed by atoms with E-state index in [1.54, 1.807) is 6.07 Å². The lowest BCUT2D eigenvalue weighted by molar-refractivity contribution is 0.466. The second-order valence-electron chi connectivity index (χ2n) is 4.58. The first-order chi connectivity index (χ1) is 10.1. The summed E-state index contributed by atoms with van der Waals surface area (Å²) in [6.45, 7) is 0. The van der Waals surface area contributed by atoms with Crippen LogP contribution in [0.25, 0.3) is 16.8 Å². The maximum Gasteiger partial charge on any atom is 0.225 e. The molecule has 0 aliphatic heterocycles. The molecule has 0 atom stereocenters. The molecule has 0 fully saturated rings. The van der Waals surface area contributed by atoms with Gasteiger partial charge in [-0.1, -0.05) is 42.5 Å². The second-order valence-corrected chi connectivity index (χ2v) is 4.58. The van der Waals surface area contributed by atoms with E-state index in [1.165, 1.54) is 16.8 Å². The van der Waals surface area contributed by atoms with Gasteiger partial charge in [0.25, 0.3) is 0 Å². The van der Waals surface area contributed by atoms with Gasteiger partial charge < -0.3 is 10.8 Å². The minimum Gasteiger partial charge on any atom is -0.503 e. The first-order valence-corrected chi connectivity index (χ1v) is 6.35. The number of aromatic hydroxyl groups is 1. The topological polar surface area (TPSA) is 68.2 Å². The molecule has 0 spiro atoms. The smallest absolute Gasteiger partial charge is 0.225 e. The molecule has 102 valence electrons. The van der Waals surface area contributed by atoms with Crippen molar-refractivity contribution in [2.75, 3.05) is 5.73 Å². The van der Waals surface area contributed by atoms with Crippen LogP contribution in [0.5, 0.6) is 5.75 Å². The van der Waals surface area contributed by atoms with E-state index in [9.17, 15) is 9.90 Å². The number of hydrogen-bond acceptors (Lipinski definition) is 3. The van der Waals surface area contributed by atoms with Gasteiger partial charge in [0.05, 0.1) is 11.9 Å². The summed E-state index contributed by atoms with van der Waals surface area (Å²) in [4.78, 5) is 11.4. The van der Waals surface area contributed by atoms with Crippen LogP contribution in [0.15, 0.2) is 59.5 Å². The van der Waals surface area contributed by atoms with Crippen LogP contribution < -0.4 is 11.2 Å². The Bertz CT molecular complexity index is 839. The van der Waals surface area contributed by atoms with E-state index in [-0.39, 0.29) is 11.6 Å². The number of nitrogen functional groups attached to an aromatic ring is 1. The van der Waals surface area contributed by atoms with E-state index in [2.05, 4.69) is 12.1 Å².